The molecule has 0 radical (unpaired) electrons. The second kappa shape index (κ2) is 7.34. The summed E-state index contributed by atoms with van der Waals surface area (Å²) >= 11 is 0. The minimum Gasteiger partial charge on any atom is -0.381 e. The van der Waals surface area contributed by atoms with Gasteiger partial charge in [-0.25, -0.2) is 0 Å². The quantitative estimate of drug-likeness (QED) is 0.856. The van der Waals surface area contributed by atoms with Crippen molar-refractivity contribution in [2.75, 3.05) is 18.4 Å². The summed E-state index contributed by atoms with van der Waals surface area (Å²) in [5.74, 6) is 0. The number of hydrogen-bond acceptors (Lipinski definition) is 3. The molecule has 1 fully saturated rings. The van der Waals surface area contributed by atoms with Gasteiger partial charge in [0.25, 0.3) is 0 Å². The highest BCUT2D eigenvalue weighted by Gasteiger charge is 2.13. The number of nitrogens with zero attached hydrogens (tertiary/aromatic N) is 1. The van der Waals surface area contributed by atoms with Crippen LogP contribution >= 0.6 is 24.8 Å². The SMILES string of the molecule is Cl.Cl.N#Cc1ccc(NC2CCNC2)cc1. The first-order chi connectivity index (χ1) is 6.88. The largest absolute Gasteiger partial charge is 0.381 e. The third-order valence-electron chi connectivity index (χ3n) is 2.45. The van der Waals surface area contributed by atoms with E-state index < -0.39 is 0 Å². The second-order valence-corrected chi connectivity index (χ2v) is 3.52. The maximum absolute atomic E-state index is 8.63. The summed E-state index contributed by atoms with van der Waals surface area (Å²) in [6.45, 7) is 2.12. The highest BCUT2D eigenvalue weighted by Crippen LogP contribution is 2.12. The maximum Gasteiger partial charge on any atom is 0.0991 e. The smallest absolute Gasteiger partial charge is 0.0991 e. The van der Waals surface area contributed by atoms with Gasteiger partial charge in [-0.3, -0.25) is 0 Å². The van der Waals surface area contributed by atoms with Gasteiger partial charge in [0.1, 0.15) is 0 Å². The zero-order valence-corrected chi connectivity index (χ0v) is 10.4. The van der Waals surface area contributed by atoms with E-state index in [1.807, 2.05) is 24.3 Å². The minimum atomic E-state index is 0. The lowest BCUT2D eigenvalue weighted by atomic mass is 10.2. The van der Waals surface area contributed by atoms with Gasteiger partial charge in [-0.1, -0.05) is 0 Å². The summed E-state index contributed by atoms with van der Waals surface area (Å²) in [7, 11) is 0. The van der Waals surface area contributed by atoms with Gasteiger partial charge in [-0.15, -0.1) is 24.8 Å². The average Bonchev–Trinajstić information content (AvgIpc) is 2.72. The Labute approximate surface area is 108 Å². The van der Waals surface area contributed by atoms with E-state index >= 15 is 0 Å². The van der Waals surface area contributed by atoms with Crippen molar-refractivity contribution >= 4 is 30.5 Å². The van der Waals surface area contributed by atoms with E-state index in [1.54, 1.807) is 0 Å². The first kappa shape index (κ1) is 15.0. The molecule has 1 unspecified atom stereocenters. The van der Waals surface area contributed by atoms with Gasteiger partial charge in [0.15, 0.2) is 0 Å². The predicted molar refractivity (Wildman–Crippen MR) is 70.6 cm³/mol. The zero-order valence-electron chi connectivity index (χ0n) is 8.77. The molecule has 88 valence electrons. The predicted octanol–water partition coefficient (Wildman–Crippen LogP) is 2.18. The molecule has 2 rings (SSSR count). The molecule has 0 aromatic heterocycles. The minimum absolute atomic E-state index is 0. The molecule has 1 saturated heterocycles. The Kier molecular flexibility index (Phi) is 6.91. The standard InChI is InChI=1S/C11H13N3.2ClH/c12-7-9-1-3-10(4-2-9)14-11-5-6-13-8-11;;/h1-4,11,13-14H,5-6,8H2;2*1H. The number of hydrogen-bond donors (Lipinski definition) is 2. The van der Waals surface area contributed by atoms with Crippen LogP contribution in [0.4, 0.5) is 5.69 Å². The van der Waals surface area contributed by atoms with Crippen molar-refractivity contribution in [3.8, 4) is 6.07 Å². The lowest BCUT2D eigenvalue weighted by molar-refractivity contribution is 0.793. The van der Waals surface area contributed by atoms with Crippen molar-refractivity contribution in [2.24, 2.45) is 0 Å². The van der Waals surface area contributed by atoms with Crippen molar-refractivity contribution in [3.05, 3.63) is 29.8 Å². The van der Waals surface area contributed by atoms with Crippen molar-refractivity contribution in [1.82, 2.24) is 5.32 Å². The summed E-state index contributed by atoms with van der Waals surface area (Å²) in [4.78, 5) is 0. The number of nitrogens with one attached hydrogen (secondary N) is 2. The third kappa shape index (κ3) is 3.90. The summed E-state index contributed by atoms with van der Waals surface area (Å²) in [5, 5.41) is 15.4. The van der Waals surface area contributed by atoms with Crippen molar-refractivity contribution in [2.45, 2.75) is 12.5 Å². The Balaban J connectivity index is 0.00000112. The Morgan fingerprint density at radius 1 is 1.25 bits per heavy atom. The highest BCUT2D eigenvalue weighted by atomic mass is 35.5. The van der Waals surface area contributed by atoms with Gasteiger partial charge in [0, 0.05) is 18.3 Å². The van der Waals surface area contributed by atoms with Crippen LogP contribution in [-0.4, -0.2) is 19.1 Å². The first-order valence-corrected chi connectivity index (χ1v) is 4.86. The lowest BCUT2D eigenvalue weighted by Gasteiger charge is -2.12. The van der Waals surface area contributed by atoms with Gasteiger partial charge in [0.2, 0.25) is 0 Å². The Hall–Kier alpha value is -0.950. The van der Waals surface area contributed by atoms with Crippen molar-refractivity contribution in [1.29, 1.82) is 5.26 Å². The third-order valence-corrected chi connectivity index (χ3v) is 2.45. The van der Waals surface area contributed by atoms with Gasteiger partial charge in [0.05, 0.1) is 11.6 Å². The summed E-state index contributed by atoms with van der Waals surface area (Å²) < 4.78 is 0. The highest BCUT2D eigenvalue weighted by molar-refractivity contribution is 5.85. The zero-order chi connectivity index (χ0) is 9.80. The number of benzene rings is 1. The van der Waals surface area contributed by atoms with Gasteiger partial charge in [-0.2, -0.15) is 5.26 Å². The Morgan fingerprint density at radius 2 is 1.94 bits per heavy atom. The number of nitriles is 1. The fourth-order valence-electron chi connectivity index (χ4n) is 1.65. The van der Waals surface area contributed by atoms with Crippen LogP contribution < -0.4 is 10.6 Å². The van der Waals surface area contributed by atoms with E-state index in [1.165, 1.54) is 6.42 Å². The van der Waals surface area contributed by atoms with Crippen molar-refractivity contribution < 1.29 is 0 Å². The van der Waals surface area contributed by atoms with Crippen LogP contribution in [0, 0.1) is 11.3 Å². The van der Waals surface area contributed by atoms with E-state index in [9.17, 15) is 0 Å². The van der Waals surface area contributed by atoms with Gasteiger partial charge in [-0.05, 0) is 37.2 Å². The van der Waals surface area contributed by atoms with Gasteiger partial charge >= 0.3 is 0 Å². The normalized spacial score (nSPS) is 17.8. The lowest BCUT2D eigenvalue weighted by Crippen LogP contribution is -2.21. The van der Waals surface area contributed by atoms with Crippen LogP contribution in [0.1, 0.15) is 12.0 Å². The second-order valence-electron chi connectivity index (χ2n) is 3.52. The number of rotatable bonds is 2. The van der Waals surface area contributed by atoms with Crippen LogP contribution in [0.3, 0.4) is 0 Å². The summed E-state index contributed by atoms with van der Waals surface area (Å²) in [5.41, 5.74) is 1.80. The molecule has 1 atom stereocenters. The molecular weight excluding hydrogens is 245 g/mol. The van der Waals surface area contributed by atoms with E-state index in [2.05, 4.69) is 16.7 Å². The maximum atomic E-state index is 8.63. The molecule has 2 N–H and O–H groups in total. The monoisotopic (exact) mass is 259 g/mol. The molecule has 0 spiro atoms. The number of halogens is 2. The Bertz CT molecular complexity index is 339. The molecule has 1 aliphatic rings. The van der Waals surface area contributed by atoms with E-state index in [-0.39, 0.29) is 24.8 Å². The Morgan fingerprint density at radius 3 is 2.44 bits per heavy atom. The molecule has 0 saturated carbocycles. The fraction of sp³-hybridized carbons (Fsp3) is 0.364. The van der Waals surface area contributed by atoms with Crippen LogP contribution in [0.2, 0.25) is 0 Å². The first-order valence-electron chi connectivity index (χ1n) is 4.86. The molecule has 1 aliphatic heterocycles. The molecular formula is C11H15Cl2N3. The molecule has 3 nitrogen and oxygen atoms in total. The molecule has 0 amide bonds. The fourth-order valence-corrected chi connectivity index (χ4v) is 1.65. The molecule has 0 bridgehead atoms. The van der Waals surface area contributed by atoms with E-state index in [0.717, 1.165) is 18.8 Å². The van der Waals surface area contributed by atoms with E-state index in [0.29, 0.717) is 11.6 Å². The van der Waals surface area contributed by atoms with Crippen LogP contribution in [0.5, 0.6) is 0 Å². The average molecular weight is 260 g/mol. The molecule has 1 aromatic rings. The molecule has 5 heteroatoms. The van der Waals surface area contributed by atoms with Gasteiger partial charge < -0.3 is 10.6 Å². The molecule has 0 aliphatic carbocycles. The summed E-state index contributed by atoms with van der Waals surface area (Å²) in [6, 6.07) is 10.2. The summed E-state index contributed by atoms with van der Waals surface area (Å²) in [6.07, 6.45) is 1.17. The molecule has 16 heavy (non-hydrogen) atoms. The molecule has 1 heterocycles. The van der Waals surface area contributed by atoms with Crippen LogP contribution in [0.25, 0.3) is 0 Å². The van der Waals surface area contributed by atoms with Crippen LogP contribution in [-0.2, 0) is 0 Å². The number of anilines is 1. The van der Waals surface area contributed by atoms with E-state index in [4.69, 9.17) is 5.26 Å². The topological polar surface area (TPSA) is 47.9 Å². The molecule has 1 aromatic carbocycles. The van der Waals surface area contributed by atoms with Crippen molar-refractivity contribution in [3.63, 3.8) is 0 Å². The van der Waals surface area contributed by atoms with Crippen LogP contribution in [0.15, 0.2) is 24.3 Å².